The van der Waals surface area contributed by atoms with Gasteiger partial charge in [-0.1, -0.05) is 49.0 Å². The molecule has 1 fully saturated rings. The number of ether oxygens (including phenoxy) is 2. The van der Waals surface area contributed by atoms with Crippen molar-refractivity contribution >= 4 is 34.3 Å². The van der Waals surface area contributed by atoms with E-state index < -0.39 is 29.5 Å². The Morgan fingerprint density at radius 3 is 2.38 bits per heavy atom. The molecule has 2 aromatic rings. The Morgan fingerprint density at radius 1 is 1.12 bits per heavy atom. The highest BCUT2D eigenvalue weighted by Gasteiger charge is 2.53. The van der Waals surface area contributed by atoms with Gasteiger partial charge in [0, 0.05) is 24.8 Å². The maximum atomic E-state index is 13.2. The summed E-state index contributed by atoms with van der Waals surface area (Å²) in [5, 5.41) is 14.4. The van der Waals surface area contributed by atoms with E-state index in [1.807, 2.05) is 19.9 Å². The summed E-state index contributed by atoms with van der Waals surface area (Å²) in [4.78, 5) is 28.2. The summed E-state index contributed by atoms with van der Waals surface area (Å²) in [7, 11) is 3.29. The highest BCUT2D eigenvalue weighted by molar-refractivity contribution is 8.17. The number of allylic oxidation sites excluding steroid dienone is 1. The number of hydrogen-bond acceptors (Lipinski definition) is 7. The van der Waals surface area contributed by atoms with E-state index in [9.17, 15) is 22.8 Å². The molecule has 0 heterocycles. The van der Waals surface area contributed by atoms with E-state index >= 15 is 0 Å². The molecule has 0 spiro atoms. The summed E-state index contributed by atoms with van der Waals surface area (Å²) in [6, 6.07) is 12.4. The van der Waals surface area contributed by atoms with E-state index in [0.717, 1.165) is 29.5 Å². The molecule has 2 amide bonds. The van der Waals surface area contributed by atoms with Crippen LogP contribution < -0.4 is 15.4 Å². The van der Waals surface area contributed by atoms with Crippen molar-refractivity contribution in [2.45, 2.75) is 45.0 Å². The molecule has 216 valence electrons. The van der Waals surface area contributed by atoms with Gasteiger partial charge in [0.05, 0.1) is 17.3 Å². The molecule has 40 heavy (non-hydrogen) atoms. The Balaban J connectivity index is 1.86. The van der Waals surface area contributed by atoms with Crippen LogP contribution in [0.4, 0.5) is 18.9 Å². The first-order valence-electron chi connectivity index (χ1n) is 12.6. The van der Waals surface area contributed by atoms with Crippen LogP contribution in [-0.4, -0.2) is 61.0 Å². The Kier molecular flexibility index (Phi) is 10.4. The number of thioether (sulfide) groups is 1. The van der Waals surface area contributed by atoms with E-state index in [1.165, 1.54) is 13.2 Å². The molecule has 12 heteroatoms. The van der Waals surface area contributed by atoms with Gasteiger partial charge in [-0.25, -0.2) is 0 Å². The van der Waals surface area contributed by atoms with Crippen molar-refractivity contribution in [2.75, 3.05) is 32.6 Å². The molecule has 0 bridgehead atoms. The van der Waals surface area contributed by atoms with E-state index in [1.54, 1.807) is 36.2 Å². The first-order chi connectivity index (χ1) is 18.9. The second-order valence-corrected chi connectivity index (χ2v) is 10.4. The number of anilines is 1. The zero-order valence-corrected chi connectivity index (χ0v) is 23.6. The molecule has 0 unspecified atom stereocenters. The number of methoxy groups -OCH3 is 1. The molecular formula is C28H33F3N4O4S. The molecule has 0 radical (unpaired) electrons. The predicted octanol–water partition coefficient (Wildman–Crippen LogP) is 5.76. The highest BCUT2D eigenvalue weighted by atomic mass is 32.2. The monoisotopic (exact) mass is 578 g/mol. The Labute approximate surface area is 235 Å². The van der Waals surface area contributed by atoms with Crippen molar-refractivity contribution < 1.29 is 32.2 Å². The molecule has 0 atom stereocenters. The molecule has 8 nitrogen and oxygen atoms in total. The summed E-state index contributed by atoms with van der Waals surface area (Å²) in [5.74, 6) is -1.73. The molecule has 1 aliphatic carbocycles. The first kappa shape index (κ1) is 31.2. The zero-order chi connectivity index (χ0) is 29.5. The van der Waals surface area contributed by atoms with E-state index in [0.29, 0.717) is 43.0 Å². The number of carbonyl (C=O) groups is 2. The molecule has 1 saturated carbocycles. The van der Waals surface area contributed by atoms with Crippen molar-refractivity contribution in [1.29, 1.82) is 5.41 Å². The van der Waals surface area contributed by atoms with Gasteiger partial charge in [-0.2, -0.15) is 0 Å². The second-order valence-electron chi connectivity index (χ2n) is 9.37. The summed E-state index contributed by atoms with van der Waals surface area (Å²) >= 11 is 1.07. The molecular weight excluding hydrogens is 545 g/mol. The molecule has 3 N–H and O–H groups in total. The summed E-state index contributed by atoms with van der Waals surface area (Å²) in [6.45, 7) is 4.57. The van der Waals surface area contributed by atoms with E-state index in [2.05, 4.69) is 15.4 Å². The summed E-state index contributed by atoms with van der Waals surface area (Å²) < 4.78 is 48.6. The molecule has 0 aromatic heterocycles. The number of rotatable bonds is 12. The van der Waals surface area contributed by atoms with Crippen molar-refractivity contribution in [3.05, 3.63) is 70.3 Å². The van der Waals surface area contributed by atoms with Crippen LogP contribution in [-0.2, 0) is 9.53 Å². The fourth-order valence-corrected chi connectivity index (χ4v) is 4.79. The van der Waals surface area contributed by atoms with Crippen LogP contribution in [0.1, 0.15) is 49.0 Å². The summed E-state index contributed by atoms with van der Waals surface area (Å²) in [5.41, 5.74) is 0.347. The maximum absolute atomic E-state index is 13.2. The lowest BCUT2D eigenvalue weighted by Gasteiger charge is -2.27. The van der Waals surface area contributed by atoms with Gasteiger partial charge in [0.15, 0.2) is 5.75 Å². The lowest BCUT2D eigenvalue weighted by Crippen LogP contribution is -2.45. The quantitative estimate of drug-likeness (QED) is 0.218. The molecule has 2 aromatic carbocycles. The number of nitrogens with zero attached hydrogens (tertiary/aromatic N) is 1. The Morgan fingerprint density at radius 2 is 1.80 bits per heavy atom. The minimum absolute atomic E-state index is 0.00986. The zero-order valence-electron chi connectivity index (χ0n) is 22.8. The van der Waals surface area contributed by atoms with Crippen molar-refractivity contribution in [3.63, 3.8) is 0 Å². The van der Waals surface area contributed by atoms with Crippen LogP contribution >= 0.6 is 11.8 Å². The average molecular weight is 579 g/mol. The first-order valence-corrected chi connectivity index (χ1v) is 13.5. The number of hydrogen-bond donors (Lipinski definition) is 3. The lowest BCUT2D eigenvalue weighted by molar-refractivity contribution is -0.274. The number of benzene rings is 2. The number of nitrogens with one attached hydrogen (secondary N) is 3. The molecule has 1 aliphatic rings. The second kappa shape index (κ2) is 13.3. The minimum Gasteiger partial charge on any atom is -0.404 e. The topological polar surface area (TPSA) is 104 Å². The smallest absolute Gasteiger partial charge is 0.404 e. The number of halogens is 3. The van der Waals surface area contributed by atoms with Crippen molar-refractivity contribution in [3.8, 4) is 5.75 Å². The van der Waals surface area contributed by atoms with Crippen molar-refractivity contribution in [2.24, 2.45) is 0 Å². The van der Waals surface area contributed by atoms with Crippen LogP contribution in [0.3, 0.4) is 0 Å². The summed E-state index contributed by atoms with van der Waals surface area (Å²) in [6.07, 6.45) is -3.34. The van der Waals surface area contributed by atoms with Gasteiger partial charge in [0.2, 0.25) is 5.91 Å². The number of carbonyl (C=O) groups excluding carboxylic acids is 2. The Hall–Kier alpha value is -3.35. The number of alkyl halides is 3. The van der Waals surface area contributed by atoms with Gasteiger partial charge < -0.3 is 20.1 Å². The maximum Gasteiger partial charge on any atom is 0.573 e. The van der Waals surface area contributed by atoms with Crippen LogP contribution in [0.2, 0.25) is 0 Å². The van der Waals surface area contributed by atoms with Crippen molar-refractivity contribution in [1.82, 2.24) is 10.2 Å². The third kappa shape index (κ3) is 8.09. The van der Waals surface area contributed by atoms with Crippen LogP contribution in [0, 0.1) is 5.41 Å². The SMILES string of the molecule is CCC(C)=C(NC(=O)c1ccc(OC(F)(F)F)c(NC(=O)C2(N(C)CCOC)CC2)c1)SC(=N)c1ccccc1. The van der Waals surface area contributed by atoms with E-state index in [4.69, 9.17) is 10.1 Å². The fraction of sp³-hybridized carbons (Fsp3) is 0.393. The van der Waals surface area contributed by atoms with Crippen LogP contribution in [0.25, 0.3) is 0 Å². The normalized spacial score (nSPS) is 14.8. The van der Waals surface area contributed by atoms with E-state index in [-0.39, 0.29) is 16.3 Å². The van der Waals surface area contributed by atoms with Gasteiger partial charge in [-0.15, -0.1) is 13.2 Å². The fourth-order valence-electron chi connectivity index (χ4n) is 3.87. The number of amides is 2. The van der Waals surface area contributed by atoms with Crippen LogP contribution in [0.5, 0.6) is 5.75 Å². The molecule has 0 saturated heterocycles. The lowest BCUT2D eigenvalue weighted by atomic mass is 10.1. The van der Waals surface area contributed by atoms with Gasteiger partial charge in [-0.3, -0.25) is 19.9 Å². The molecule has 3 rings (SSSR count). The van der Waals surface area contributed by atoms with Gasteiger partial charge in [0.1, 0.15) is 10.6 Å². The minimum atomic E-state index is -5.00. The van der Waals surface area contributed by atoms with Crippen LogP contribution in [0.15, 0.2) is 59.1 Å². The van der Waals surface area contributed by atoms with Gasteiger partial charge >= 0.3 is 6.36 Å². The van der Waals surface area contributed by atoms with Gasteiger partial charge in [0.25, 0.3) is 5.91 Å². The molecule has 0 aliphatic heterocycles. The largest absolute Gasteiger partial charge is 0.573 e. The third-order valence-corrected chi connectivity index (χ3v) is 7.70. The predicted molar refractivity (Wildman–Crippen MR) is 150 cm³/mol. The number of likely N-dealkylation sites (N-methyl/N-ethyl adjacent to an activating group) is 1. The van der Waals surface area contributed by atoms with Gasteiger partial charge in [-0.05, 0) is 57.0 Å². The standard InChI is InChI=1S/C28H33F3N4O4S/c1-5-18(2)25(40-23(32)19-9-7-6-8-10-19)34-24(36)20-11-12-22(39-28(29,30)31)21(17-20)33-26(37)27(13-14-27)35(3)15-16-38-4/h6-12,17,32H,5,13-16H2,1-4H3,(H,33,37)(H,34,36). The highest BCUT2D eigenvalue weighted by Crippen LogP contribution is 2.43. The average Bonchev–Trinajstić information content (AvgIpc) is 3.74. The third-order valence-electron chi connectivity index (χ3n) is 6.61. The Bertz CT molecular complexity index is 1260.